The summed E-state index contributed by atoms with van der Waals surface area (Å²) >= 11 is 3.98. The Bertz CT molecular complexity index is 632. The number of primary amides is 1. The summed E-state index contributed by atoms with van der Waals surface area (Å²) in [5.74, 6) is -4.54. The first-order chi connectivity index (χ1) is 13.9. The molecule has 4 unspecified atom stereocenters. The molecule has 4 atom stereocenters. The number of carbonyl (C=O) groups is 5. The van der Waals surface area contributed by atoms with Gasteiger partial charge in [0.25, 0.3) is 0 Å². The molecule has 0 radical (unpaired) electrons. The van der Waals surface area contributed by atoms with Crippen LogP contribution >= 0.6 is 12.6 Å². The number of thiol groups is 1. The van der Waals surface area contributed by atoms with E-state index >= 15 is 0 Å². The summed E-state index contributed by atoms with van der Waals surface area (Å²) in [5.41, 5.74) is 10.5. The second-order valence-corrected chi connectivity index (χ2v) is 7.49. The van der Waals surface area contributed by atoms with Gasteiger partial charge in [-0.2, -0.15) is 12.6 Å². The number of aliphatic carboxylic acids is 1. The molecule has 0 aromatic heterocycles. The summed E-state index contributed by atoms with van der Waals surface area (Å²) in [6.45, 7) is 2.93. The number of rotatable bonds is 14. The number of nitrogens with two attached hydrogens (primary N) is 2. The van der Waals surface area contributed by atoms with Crippen molar-refractivity contribution in [2.45, 2.75) is 57.3 Å². The number of hydrogen-bond acceptors (Lipinski definition) is 8. The fraction of sp³-hybridized carbons (Fsp3) is 0.706. The summed E-state index contributed by atoms with van der Waals surface area (Å²) in [6.07, 6.45) is -0.260. The number of amides is 4. The van der Waals surface area contributed by atoms with Gasteiger partial charge in [-0.25, -0.2) is 4.79 Å². The van der Waals surface area contributed by atoms with Crippen LogP contribution in [-0.2, 0) is 24.0 Å². The third kappa shape index (κ3) is 10.4. The summed E-state index contributed by atoms with van der Waals surface area (Å²) in [5, 5.41) is 25.2. The molecule has 12 nitrogen and oxygen atoms in total. The Morgan fingerprint density at radius 3 is 1.87 bits per heavy atom. The molecule has 0 aromatic carbocycles. The topological polar surface area (TPSA) is 214 Å². The van der Waals surface area contributed by atoms with Crippen LogP contribution in [0.2, 0.25) is 0 Å². The Kier molecular flexibility index (Phi) is 12.7. The average molecular weight is 450 g/mol. The molecular formula is C17H31N5O7S. The minimum Gasteiger partial charge on any atom is -0.480 e. The number of aliphatic hydroxyl groups is 1. The van der Waals surface area contributed by atoms with Gasteiger partial charge in [-0.1, -0.05) is 13.8 Å². The second kappa shape index (κ2) is 13.8. The molecule has 0 heterocycles. The van der Waals surface area contributed by atoms with Gasteiger partial charge in [0.15, 0.2) is 0 Å². The predicted octanol–water partition coefficient (Wildman–Crippen LogP) is -2.91. The van der Waals surface area contributed by atoms with Crippen LogP contribution in [0.5, 0.6) is 0 Å². The van der Waals surface area contributed by atoms with E-state index in [9.17, 15) is 29.1 Å². The fourth-order valence-electron chi connectivity index (χ4n) is 2.35. The van der Waals surface area contributed by atoms with Crippen LogP contribution in [0.1, 0.15) is 33.1 Å². The molecule has 172 valence electrons. The Morgan fingerprint density at radius 2 is 1.43 bits per heavy atom. The maximum absolute atomic E-state index is 12.6. The average Bonchev–Trinajstić information content (AvgIpc) is 2.66. The van der Waals surface area contributed by atoms with Crippen molar-refractivity contribution in [3.8, 4) is 0 Å². The molecule has 0 aliphatic heterocycles. The highest BCUT2D eigenvalue weighted by molar-refractivity contribution is 7.80. The number of nitrogens with one attached hydrogen (secondary N) is 3. The third-order valence-corrected chi connectivity index (χ3v) is 4.35. The van der Waals surface area contributed by atoms with Gasteiger partial charge in [-0.15, -0.1) is 0 Å². The molecule has 4 amide bonds. The predicted molar refractivity (Wildman–Crippen MR) is 110 cm³/mol. The summed E-state index contributed by atoms with van der Waals surface area (Å²) < 4.78 is 0. The second-order valence-electron chi connectivity index (χ2n) is 7.13. The Morgan fingerprint density at radius 1 is 0.933 bits per heavy atom. The number of hydrogen-bond donors (Lipinski definition) is 8. The summed E-state index contributed by atoms with van der Waals surface area (Å²) in [4.78, 5) is 59.3. The maximum atomic E-state index is 12.6. The van der Waals surface area contributed by atoms with E-state index in [1.165, 1.54) is 0 Å². The molecule has 30 heavy (non-hydrogen) atoms. The van der Waals surface area contributed by atoms with Gasteiger partial charge in [0, 0.05) is 12.2 Å². The van der Waals surface area contributed by atoms with Crippen LogP contribution in [0.3, 0.4) is 0 Å². The van der Waals surface area contributed by atoms with Crippen LogP contribution in [0.15, 0.2) is 0 Å². The smallest absolute Gasteiger partial charge is 0.326 e. The van der Waals surface area contributed by atoms with Crippen molar-refractivity contribution < 1.29 is 34.2 Å². The van der Waals surface area contributed by atoms with E-state index in [1.54, 1.807) is 13.8 Å². The highest BCUT2D eigenvalue weighted by Crippen LogP contribution is 2.07. The van der Waals surface area contributed by atoms with E-state index in [-0.39, 0.29) is 30.9 Å². The van der Waals surface area contributed by atoms with E-state index in [1.807, 2.05) is 0 Å². The van der Waals surface area contributed by atoms with Crippen molar-refractivity contribution in [2.24, 2.45) is 17.4 Å². The maximum Gasteiger partial charge on any atom is 0.326 e. The number of carboxylic acid groups (broad SMARTS) is 1. The van der Waals surface area contributed by atoms with Gasteiger partial charge in [0.2, 0.25) is 23.6 Å². The number of carboxylic acids is 1. The Balaban J connectivity index is 5.32. The third-order valence-electron chi connectivity index (χ3n) is 3.98. The largest absolute Gasteiger partial charge is 0.480 e. The first-order valence-electron chi connectivity index (χ1n) is 9.32. The van der Waals surface area contributed by atoms with Gasteiger partial charge in [0.1, 0.15) is 24.2 Å². The van der Waals surface area contributed by atoms with Crippen molar-refractivity contribution in [2.75, 3.05) is 12.4 Å². The highest BCUT2D eigenvalue weighted by Gasteiger charge is 2.30. The zero-order chi connectivity index (χ0) is 23.4. The highest BCUT2D eigenvalue weighted by atomic mass is 32.1. The monoisotopic (exact) mass is 449 g/mol. The molecule has 13 heteroatoms. The molecule has 0 spiro atoms. The summed E-state index contributed by atoms with van der Waals surface area (Å²) in [7, 11) is 0. The lowest BCUT2D eigenvalue weighted by atomic mass is 10.0. The van der Waals surface area contributed by atoms with E-state index in [0.717, 1.165) is 0 Å². The molecule has 0 aliphatic rings. The lowest BCUT2D eigenvalue weighted by Gasteiger charge is -2.24. The van der Waals surface area contributed by atoms with Crippen molar-refractivity contribution in [1.82, 2.24) is 16.0 Å². The molecule has 0 saturated heterocycles. The first-order valence-corrected chi connectivity index (χ1v) is 9.95. The quantitative estimate of drug-likeness (QED) is 0.128. The minimum atomic E-state index is -1.27. The zero-order valence-corrected chi connectivity index (χ0v) is 17.9. The molecule has 0 aliphatic carbocycles. The summed E-state index contributed by atoms with van der Waals surface area (Å²) in [6, 6.07) is -4.90. The van der Waals surface area contributed by atoms with Crippen LogP contribution in [0.4, 0.5) is 0 Å². The van der Waals surface area contributed by atoms with Gasteiger partial charge >= 0.3 is 5.97 Å². The minimum absolute atomic E-state index is 0.0235. The molecule has 0 bridgehead atoms. The SMILES string of the molecule is CC(C)CC(NC(=O)C(CCC(N)=O)NC(=O)C(CS)NC(=O)C(N)CO)C(=O)O. The van der Waals surface area contributed by atoms with Gasteiger partial charge < -0.3 is 37.6 Å². The van der Waals surface area contributed by atoms with E-state index in [2.05, 4.69) is 28.6 Å². The van der Waals surface area contributed by atoms with Crippen molar-refractivity contribution in [3.63, 3.8) is 0 Å². The van der Waals surface area contributed by atoms with E-state index < -0.39 is 60.4 Å². The molecular weight excluding hydrogens is 418 g/mol. The Hall–Kier alpha value is -2.38. The van der Waals surface area contributed by atoms with Crippen LogP contribution in [-0.4, -0.2) is 76.3 Å². The molecule has 0 rings (SSSR count). The van der Waals surface area contributed by atoms with Gasteiger partial charge in [-0.05, 0) is 18.8 Å². The fourth-order valence-corrected chi connectivity index (χ4v) is 2.61. The van der Waals surface area contributed by atoms with Crippen LogP contribution < -0.4 is 27.4 Å². The lowest BCUT2D eigenvalue weighted by Crippen LogP contribution is -2.58. The van der Waals surface area contributed by atoms with Gasteiger partial charge in [0.05, 0.1) is 6.61 Å². The van der Waals surface area contributed by atoms with Crippen molar-refractivity contribution in [3.05, 3.63) is 0 Å². The molecule has 0 fully saturated rings. The molecule has 0 aromatic rings. The Labute approximate surface area is 179 Å². The van der Waals surface area contributed by atoms with E-state index in [4.69, 9.17) is 16.6 Å². The van der Waals surface area contributed by atoms with E-state index in [0.29, 0.717) is 0 Å². The zero-order valence-electron chi connectivity index (χ0n) is 17.0. The van der Waals surface area contributed by atoms with Crippen LogP contribution in [0, 0.1) is 5.92 Å². The van der Waals surface area contributed by atoms with Crippen molar-refractivity contribution >= 4 is 42.2 Å². The normalized spacial score (nSPS) is 14.9. The lowest BCUT2D eigenvalue weighted by molar-refractivity contribution is -0.143. The molecule has 9 N–H and O–H groups in total. The first kappa shape index (κ1) is 27.6. The van der Waals surface area contributed by atoms with Crippen LogP contribution in [0.25, 0.3) is 0 Å². The standard InChI is InChI=1S/C17H31N5O7S/c1-8(2)5-11(17(28)29)21-15(26)10(3-4-13(19)24)20-16(27)12(7-30)22-14(25)9(18)6-23/h8-12,23,30H,3-7,18H2,1-2H3,(H2,19,24)(H,20,27)(H,21,26)(H,22,25)(H,28,29). The number of carbonyl (C=O) groups excluding carboxylic acids is 4. The van der Waals surface area contributed by atoms with Gasteiger partial charge in [-0.3, -0.25) is 19.2 Å². The number of aliphatic hydroxyl groups excluding tert-OH is 1. The molecule has 0 saturated carbocycles. The van der Waals surface area contributed by atoms with Crippen molar-refractivity contribution in [1.29, 1.82) is 0 Å².